The molecule has 0 amide bonds. The van der Waals surface area contributed by atoms with E-state index >= 15 is 0 Å². The fourth-order valence-corrected chi connectivity index (χ4v) is 3.82. The van der Waals surface area contributed by atoms with Gasteiger partial charge in [-0.3, -0.25) is 0 Å². The summed E-state index contributed by atoms with van der Waals surface area (Å²) in [6.45, 7) is 4.64. The maximum atomic E-state index is 5.91. The van der Waals surface area contributed by atoms with Crippen LogP contribution in [0.3, 0.4) is 0 Å². The van der Waals surface area contributed by atoms with Crippen molar-refractivity contribution in [2.75, 3.05) is 47.4 Å². The number of hydrogen-bond acceptors (Lipinski definition) is 4. The number of benzene rings is 2. The number of para-hydroxylation sites is 4. The summed E-state index contributed by atoms with van der Waals surface area (Å²) in [6.07, 6.45) is 7.93. The van der Waals surface area contributed by atoms with E-state index in [9.17, 15) is 0 Å². The molecule has 26 heavy (non-hydrogen) atoms. The SMILES string of the molecule is Nc1ccccc1N1CCCCC1.Nc1ccccc1N1CCCCC1. The number of nitrogens with two attached hydrogens (primary N) is 2. The van der Waals surface area contributed by atoms with E-state index < -0.39 is 0 Å². The lowest BCUT2D eigenvalue weighted by Gasteiger charge is -2.29. The van der Waals surface area contributed by atoms with E-state index in [1.165, 1.54) is 49.9 Å². The quantitative estimate of drug-likeness (QED) is 0.780. The van der Waals surface area contributed by atoms with Gasteiger partial charge in [0.2, 0.25) is 0 Å². The second-order valence-electron chi connectivity index (χ2n) is 7.21. The zero-order chi connectivity index (χ0) is 18.2. The minimum absolute atomic E-state index is 0.907. The number of piperidine rings is 2. The van der Waals surface area contributed by atoms with Gasteiger partial charge in [-0.2, -0.15) is 0 Å². The van der Waals surface area contributed by atoms with Gasteiger partial charge >= 0.3 is 0 Å². The average molecular weight is 353 g/mol. The van der Waals surface area contributed by atoms with Crippen LogP contribution in [0.2, 0.25) is 0 Å². The Morgan fingerprint density at radius 2 is 0.846 bits per heavy atom. The van der Waals surface area contributed by atoms with Crippen LogP contribution < -0.4 is 21.3 Å². The van der Waals surface area contributed by atoms with Gasteiger partial charge in [-0.15, -0.1) is 0 Å². The molecule has 0 aromatic heterocycles. The van der Waals surface area contributed by atoms with Gasteiger partial charge in [-0.25, -0.2) is 0 Å². The van der Waals surface area contributed by atoms with Crippen LogP contribution in [0.4, 0.5) is 22.7 Å². The standard InChI is InChI=1S/2C11H16N2/c2*12-10-6-2-3-7-11(10)13-8-4-1-5-9-13/h2*2-3,6-7H,1,4-5,8-9,12H2. The molecule has 140 valence electrons. The average Bonchev–Trinajstić information content (AvgIpc) is 2.71. The molecule has 4 N–H and O–H groups in total. The van der Waals surface area contributed by atoms with Gasteiger partial charge in [-0.05, 0) is 62.8 Å². The molecule has 4 rings (SSSR count). The number of nitrogens with zero attached hydrogens (tertiary/aromatic N) is 2. The number of anilines is 4. The Labute approximate surface area is 157 Å². The molecule has 2 aliphatic rings. The summed E-state index contributed by atoms with van der Waals surface area (Å²) in [4.78, 5) is 4.78. The zero-order valence-corrected chi connectivity index (χ0v) is 15.7. The van der Waals surface area contributed by atoms with Crippen LogP contribution >= 0.6 is 0 Å². The van der Waals surface area contributed by atoms with Gasteiger partial charge in [0.25, 0.3) is 0 Å². The minimum atomic E-state index is 0.907. The van der Waals surface area contributed by atoms with E-state index in [0.717, 1.165) is 37.6 Å². The van der Waals surface area contributed by atoms with E-state index in [2.05, 4.69) is 34.1 Å². The van der Waals surface area contributed by atoms with Crippen molar-refractivity contribution in [2.45, 2.75) is 38.5 Å². The normalized spacial score (nSPS) is 17.4. The van der Waals surface area contributed by atoms with E-state index in [1.807, 2.05) is 24.3 Å². The molecular weight excluding hydrogens is 320 g/mol. The largest absolute Gasteiger partial charge is 0.397 e. The molecule has 2 aromatic rings. The third-order valence-electron chi connectivity index (χ3n) is 5.27. The molecule has 0 unspecified atom stereocenters. The van der Waals surface area contributed by atoms with Gasteiger partial charge in [0.15, 0.2) is 0 Å². The monoisotopic (exact) mass is 352 g/mol. The van der Waals surface area contributed by atoms with Gasteiger partial charge in [0.05, 0.1) is 22.7 Å². The molecule has 0 spiro atoms. The summed E-state index contributed by atoms with van der Waals surface area (Å²) in [7, 11) is 0. The first-order valence-corrected chi connectivity index (χ1v) is 9.94. The Balaban J connectivity index is 0.000000151. The molecule has 0 saturated carbocycles. The Morgan fingerprint density at radius 3 is 1.19 bits per heavy atom. The highest BCUT2D eigenvalue weighted by Crippen LogP contribution is 2.26. The maximum Gasteiger partial charge on any atom is 0.0599 e. The molecule has 2 heterocycles. The van der Waals surface area contributed by atoms with E-state index in [1.54, 1.807) is 0 Å². The van der Waals surface area contributed by atoms with Crippen molar-refractivity contribution in [2.24, 2.45) is 0 Å². The molecule has 0 radical (unpaired) electrons. The summed E-state index contributed by atoms with van der Waals surface area (Å²) < 4.78 is 0. The predicted molar refractivity (Wildman–Crippen MR) is 114 cm³/mol. The van der Waals surface area contributed by atoms with E-state index in [-0.39, 0.29) is 0 Å². The van der Waals surface area contributed by atoms with Gasteiger partial charge in [0.1, 0.15) is 0 Å². The van der Waals surface area contributed by atoms with Crippen molar-refractivity contribution < 1.29 is 0 Å². The van der Waals surface area contributed by atoms with Crippen LogP contribution in [0.5, 0.6) is 0 Å². The molecule has 2 aromatic carbocycles. The molecule has 4 heteroatoms. The van der Waals surface area contributed by atoms with Crippen molar-refractivity contribution in [3.8, 4) is 0 Å². The molecule has 2 saturated heterocycles. The molecule has 2 aliphatic heterocycles. The van der Waals surface area contributed by atoms with Crippen LogP contribution in [0, 0.1) is 0 Å². The molecule has 4 nitrogen and oxygen atoms in total. The number of nitrogen functional groups attached to an aromatic ring is 2. The molecule has 0 aliphatic carbocycles. The highest BCUT2D eigenvalue weighted by Gasteiger charge is 2.13. The third kappa shape index (κ3) is 4.84. The smallest absolute Gasteiger partial charge is 0.0599 e. The van der Waals surface area contributed by atoms with Gasteiger partial charge in [-0.1, -0.05) is 24.3 Å². The molecule has 0 atom stereocenters. The van der Waals surface area contributed by atoms with Crippen molar-refractivity contribution >= 4 is 22.7 Å². The van der Waals surface area contributed by atoms with E-state index in [0.29, 0.717) is 0 Å². The summed E-state index contributed by atoms with van der Waals surface area (Å²) in [5, 5.41) is 0. The van der Waals surface area contributed by atoms with Gasteiger partial charge in [0, 0.05) is 26.2 Å². The Morgan fingerprint density at radius 1 is 0.500 bits per heavy atom. The molecule has 0 bridgehead atoms. The lowest BCUT2D eigenvalue weighted by Crippen LogP contribution is -2.29. The Bertz CT molecular complexity index is 614. The summed E-state index contributed by atoms with van der Waals surface area (Å²) in [5.74, 6) is 0. The van der Waals surface area contributed by atoms with Crippen molar-refractivity contribution in [3.63, 3.8) is 0 Å². The highest BCUT2D eigenvalue weighted by molar-refractivity contribution is 5.68. The van der Waals surface area contributed by atoms with Crippen LogP contribution in [0.15, 0.2) is 48.5 Å². The van der Waals surface area contributed by atoms with Crippen LogP contribution in [0.1, 0.15) is 38.5 Å². The first-order valence-electron chi connectivity index (χ1n) is 9.94. The first-order chi connectivity index (χ1) is 12.8. The zero-order valence-electron chi connectivity index (χ0n) is 15.7. The highest BCUT2D eigenvalue weighted by atomic mass is 15.1. The Kier molecular flexibility index (Phi) is 6.64. The lowest BCUT2D eigenvalue weighted by molar-refractivity contribution is 0.578. The van der Waals surface area contributed by atoms with E-state index in [4.69, 9.17) is 11.5 Å². The summed E-state index contributed by atoms with van der Waals surface area (Å²) in [5.41, 5.74) is 16.1. The number of hydrogen-bond donors (Lipinski definition) is 2. The minimum Gasteiger partial charge on any atom is -0.397 e. The number of rotatable bonds is 2. The topological polar surface area (TPSA) is 58.5 Å². The molecule has 2 fully saturated rings. The molecular formula is C22H32N4. The van der Waals surface area contributed by atoms with Gasteiger partial charge < -0.3 is 21.3 Å². The first kappa shape index (κ1) is 18.4. The summed E-state index contributed by atoms with van der Waals surface area (Å²) in [6, 6.07) is 16.3. The fraction of sp³-hybridized carbons (Fsp3) is 0.455. The maximum absolute atomic E-state index is 5.91. The lowest BCUT2D eigenvalue weighted by atomic mass is 10.1. The van der Waals surface area contributed by atoms with Crippen molar-refractivity contribution in [1.29, 1.82) is 0 Å². The fourth-order valence-electron chi connectivity index (χ4n) is 3.82. The summed E-state index contributed by atoms with van der Waals surface area (Å²) >= 11 is 0. The van der Waals surface area contributed by atoms with Crippen LogP contribution in [-0.2, 0) is 0 Å². The van der Waals surface area contributed by atoms with Crippen LogP contribution in [-0.4, -0.2) is 26.2 Å². The predicted octanol–water partition coefficient (Wildman–Crippen LogP) is 4.52. The van der Waals surface area contributed by atoms with Crippen molar-refractivity contribution in [3.05, 3.63) is 48.5 Å². The van der Waals surface area contributed by atoms with Crippen molar-refractivity contribution in [1.82, 2.24) is 0 Å². The Hall–Kier alpha value is -2.36. The second-order valence-corrected chi connectivity index (χ2v) is 7.21. The third-order valence-corrected chi connectivity index (χ3v) is 5.27. The van der Waals surface area contributed by atoms with Crippen LogP contribution in [0.25, 0.3) is 0 Å². The second kappa shape index (κ2) is 9.37.